The van der Waals surface area contributed by atoms with E-state index >= 15 is 0 Å². The van der Waals surface area contributed by atoms with Gasteiger partial charge in [-0.1, -0.05) is 0 Å². The van der Waals surface area contributed by atoms with Gasteiger partial charge in [-0.3, -0.25) is 0 Å². The van der Waals surface area contributed by atoms with Crippen molar-refractivity contribution in [1.29, 1.82) is 0 Å². The molecule has 0 N–H and O–H groups in total. The molecule has 0 radical (unpaired) electrons. The van der Waals surface area contributed by atoms with Gasteiger partial charge in [-0.15, -0.1) is 11.8 Å². The summed E-state index contributed by atoms with van der Waals surface area (Å²) in [4.78, 5) is 0. The van der Waals surface area contributed by atoms with Gasteiger partial charge in [-0.2, -0.15) is 0 Å². The molecule has 1 rings (SSSR count). The average molecular weight is 216 g/mol. The summed E-state index contributed by atoms with van der Waals surface area (Å²) in [5, 5.41) is 0. The lowest BCUT2D eigenvalue weighted by Crippen LogP contribution is -2.14. The fraction of sp³-hybridized carbons (Fsp3) is 0.600. The smallest absolute Gasteiger partial charge is 0.102 e. The Morgan fingerprint density at radius 2 is 1.86 bits per heavy atom. The fourth-order valence-corrected chi connectivity index (χ4v) is 1.52. The maximum atomic E-state index is 5.55. The van der Waals surface area contributed by atoms with Gasteiger partial charge in [-0.05, 0) is 18.4 Å². The van der Waals surface area contributed by atoms with Gasteiger partial charge in [0.1, 0.15) is 17.6 Å². The van der Waals surface area contributed by atoms with E-state index in [0.29, 0.717) is 12.4 Å². The maximum Gasteiger partial charge on any atom is 0.102 e. The van der Waals surface area contributed by atoms with Gasteiger partial charge in [0.05, 0.1) is 26.6 Å². The molecule has 0 aromatic carbocycles. The Morgan fingerprint density at radius 1 is 1.29 bits per heavy atom. The molecule has 0 fully saturated rings. The van der Waals surface area contributed by atoms with Gasteiger partial charge in [0.2, 0.25) is 0 Å². The highest BCUT2D eigenvalue weighted by Gasteiger charge is 2.15. The van der Waals surface area contributed by atoms with Crippen molar-refractivity contribution in [3.8, 4) is 0 Å². The highest BCUT2D eigenvalue weighted by atomic mass is 32.2. The first-order valence-electron chi connectivity index (χ1n) is 4.40. The molecule has 0 heterocycles. The van der Waals surface area contributed by atoms with Crippen molar-refractivity contribution in [2.24, 2.45) is 0 Å². The summed E-state index contributed by atoms with van der Waals surface area (Å²) in [5.74, 6) is 2.47. The van der Waals surface area contributed by atoms with Crippen LogP contribution in [0.5, 0.6) is 0 Å². The highest BCUT2D eigenvalue weighted by molar-refractivity contribution is 7.98. The van der Waals surface area contributed by atoms with Crippen LogP contribution in [0.2, 0.25) is 0 Å². The third-order valence-corrected chi connectivity index (χ3v) is 2.32. The van der Waals surface area contributed by atoms with Crippen LogP contribution in [-0.2, 0) is 14.2 Å². The van der Waals surface area contributed by atoms with Crippen LogP contribution in [0.3, 0.4) is 0 Å². The Hall–Kier alpha value is -0.610. The molecule has 14 heavy (non-hydrogen) atoms. The predicted molar refractivity (Wildman–Crippen MR) is 58.1 cm³/mol. The van der Waals surface area contributed by atoms with Gasteiger partial charge in [0.25, 0.3) is 0 Å². The second kappa shape index (κ2) is 5.98. The van der Waals surface area contributed by atoms with Crippen molar-refractivity contribution in [2.75, 3.05) is 26.4 Å². The summed E-state index contributed by atoms with van der Waals surface area (Å²) in [6.07, 6.45) is 6.63. The molecule has 4 heteroatoms. The van der Waals surface area contributed by atoms with E-state index in [1.54, 1.807) is 26.0 Å². The number of methoxy groups -OCH3 is 2. The molecule has 0 aromatic heterocycles. The minimum atomic E-state index is -0.0268. The Labute approximate surface area is 89.1 Å². The quantitative estimate of drug-likeness (QED) is 0.658. The summed E-state index contributed by atoms with van der Waals surface area (Å²) in [6.45, 7) is 0. The van der Waals surface area contributed by atoms with Crippen LogP contribution in [0.25, 0.3) is 0 Å². The number of thioether (sulfide) groups is 1. The zero-order chi connectivity index (χ0) is 10.4. The molecule has 0 saturated heterocycles. The Bertz CT molecular complexity index is 216. The Kier molecular flexibility index (Phi) is 4.90. The van der Waals surface area contributed by atoms with E-state index in [1.165, 1.54) is 0 Å². The Morgan fingerprint density at radius 3 is 2.29 bits per heavy atom. The molecule has 0 bridgehead atoms. The summed E-state index contributed by atoms with van der Waals surface area (Å²) < 4.78 is 15.9. The average Bonchev–Trinajstić information content (AvgIpc) is 2.25. The van der Waals surface area contributed by atoms with E-state index in [9.17, 15) is 0 Å². The number of ether oxygens (including phenoxy) is 3. The zero-order valence-corrected chi connectivity index (χ0v) is 9.60. The third-order valence-electron chi connectivity index (χ3n) is 1.95. The fourth-order valence-electron chi connectivity index (χ4n) is 1.23. The van der Waals surface area contributed by atoms with Crippen LogP contribution in [0.15, 0.2) is 23.7 Å². The molecule has 80 valence electrons. The van der Waals surface area contributed by atoms with Crippen LogP contribution in [-0.4, -0.2) is 32.5 Å². The molecular weight excluding hydrogens is 200 g/mol. The largest absolute Gasteiger partial charge is 0.501 e. The van der Waals surface area contributed by atoms with Crippen LogP contribution in [0, 0.1) is 0 Å². The van der Waals surface area contributed by atoms with Crippen molar-refractivity contribution in [1.82, 2.24) is 0 Å². The van der Waals surface area contributed by atoms with Gasteiger partial charge in [0.15, 0.2) is 0 Å². The van der Waals surface area contributed by atoms with Crippen molar-refractivity contribution in [3.63, 3.8) is 0 Å². The van der Waals surface area contributed by atoms with E-state index < -0.39 is 0 Å². The van der Waals surface area contributed by atoms with Crippen molar-refractivity contribution >= 4 is 11.8 Å². The Balaban J connectivity index is 2.57. The van der Waals surface area contributed by atoms with E-state index in [2.05, 4.69) is 0 Å². The molecular formula is C10H16O3S. The van der Waals surface area contributed by atoms with Gasteiger partial charge in [0, 0.05) is 0 Å². The maximum absolute atomic E-state index is 5.55. The highest BCUT2D eigenvalue weighted by Crippen LogP contribution is 2.21. The van der Waals surface area contributed by atoms with Crippen LogP contribution >= 0.6 is 11.8 Å². The first-order chi connectivity index (χ1) is 6.80. The van der Waals surface area contributed by atoms with E-state index in [1.807, 2.05) is 18.4 Å². The van der Waals surface area contributed by atoms with Crippen LogP contribution in [0.4, 0.5) is 0 Å². The predicted octanol–water partition coefficient (Wildman–Crippen LogP) is 2.16. The third kappa shape index (κ3) is 3.27. The second-order valence-electron chi connectivity index (χ2n) is 2.89. The minimum Gasteiger partial charge on any atom is -0.501 e. The number of hydrogen-bond donors (Lipinski definition) is 0. The van der Waals surface area contributed by atoms with Crippen LogP contribution < -0.4 is 0 Å². The first kappa shape index (κ1) is 11.5. The summed E-state index contributed by atoms with van der Waals surface area (Å²) in [7, 11) is 3.33. The lowest BCUT2D eigenvalue weighted by molar-refractivity contribution is 0.141. The van der Waals surface area contributed by atoms with Crippen LogP contribution in [0.1, 0.15) is 6.42 Å². The molecule has 0 spiro atoms. The van der Waals surface area contributed by atoms with E-state index in [-0.39, 0.29) is 6.10 Å². The topological polar surface area (TPSA) is 27.7 Å². The van der Waals surface area contributed by atoms with E-state index in [4.69, 9.17) is 14.2 Å². The van der Waals surface area contributed by atoms with Crippen molar-refractivity contribution in [2.45, 2.75) is 12.5 Å². The zero-order valence-electron chi connectivity index (χ0n) is 8.78. The van der Waals surface area contributed by atoms with Gasteiger partial charge < -0.3 is 14.2 Å². The number of rotatable bonds is 5. The molecule has 0 aliphatic heterocycles. The molecule has 0 aromatic rings. The molecule has 1 aliphatic rings. The summed E-state index contributed by atoms with van der Waals surface area (Å²) in [5.41, 5.74) is 0. The van der Waals surface area contributed by atoms with Gasteiger partial charge >= 0.3 is 0 Å². The lowest BCUT2D eigenvalue weighted by Gasteiger charge is -2.19. The minimum absolute atomic E-state index is 0.0268. The summed E-state index contributed by atoms with van der Waals surface area (Å²) in [6, 6.07) is 0. The molecule has 1 aliphatic carbocycles. The SMILES string of the molecule is COC1=CC(OCSC)C=C(OC)C1. The first-order valence-corrected chi connectivity index (χ1v) is 5.79. The second-order valence-corrected chi connectivity index (χ2v) is 3.70. The van der Waals surface area contributed by atoms with Gasteiger partial charge in [-0.25, -0.2) is 0 Å². The monoisotopic (exact) mass is 216 g/mol. The van der Waals surface area contributed by atoms with Crippen molar-refractivity contribution in [3.05, 3.63) is 23.7 Å². The van der Waals surface area contributed by atoms with E-state index in [0.717, 1.165) is 11.5 Å². The number of hydrogen-bond acceptors (Lipinski definition) is 4. The lowest BCUT2D eigenvalue weighted by atomic mass is 10.1. The standard InChI is InChI=1S/C10H16O3S/c1-11-8-4-9(12-2)6-10(5-8)13-7-14-3/h5-6,10H,4,7H2,1-3H3. The molecule has 0 amide bonds. The normalized spacial score (nSPS) is 17.4. The molecule has 0 unspecified atom stereocenters. The molecule has 0 saturated carbocycles. The molecule has 0 atom stereocenters. The summed E-state index contributed by atoms with van der Waals surface area (Å²) >= 11 is 1.65. The van der Waals surface area contributed by atoms with Crippen molar-refractivity contribution < 1.29 is 14.2 Å². The molecule has 3 nitrogen and oxygen atoms in total.